The highest BCUT2D eigenvalue weighted by atomic mass is 79.9. The Morgan fingerprint density at radius 1 is 0.900 bits per heavy atom. The lowest BCUT2D eigenvalue weighted by Gasteiger charge is -2.14. The predicted octanol–water partition coefficient (Wildman–Crippen LogP) is 5.07. The Bertz CT molecular complexity index is 1020. The van der Waals surface area contributed by atoms with Crippen molar-refractivity contribution in [3.63, 3.8) is 0 Å². The average molecular weight is 467 g/mol. The number of hydrogen-bond acceptors (Lipinski definition) is 3. The van der Waals surface area contributed by atoms with Crippen LogP contribution in [0.5, 0.6) is 5.75 Å². The molecule has 6 heteroatoms. The molecule has 3 aromatic rings. The van der Waals surface area contributed by atoms with Crippen molar-refractivity contribution in [2.24, 2.45) is 0 Å². The number of benzene rings is 3. The molecule has 0 aliphatic carbocycles. The van der Waals surface area contributed by atoms with Crippen LogP contribution in [0.3, 0.4) is 0 Å². The maximum Gasteiger partial charge on any atom is 0.259 e. The Kier molecular flexibility index (Phi) is 7.63. The molecule has 0 saturated heterocycles. The first-order valence-electron chi connectivity index (χ1n) is 9.73. The van der Waals surface area contributed by atoms with E-state index in [2.05, 4.69) is 26.6 Å². The SMILES string of the molecule is CCOc1ccc(Br)cc1C(=O)Nc1ccccc1C(=O)NCCc1ccccc1. The molecule has 0 saturated carbocycles. The molecule has 0 atom stereocenters. The Morgan fingerprint density at radius 2 is 1.63 bits per heavy atom. The summed E-state index contributed by atoms with van der Waals surface area (Å²) in [5.41, 5.74) is 2.40. The molecule has 154 valence electrons. The van der Waals surface area contributed by atoms with Crippen molar-refractivity contribution < 1.29 is 14.3 Å². The number of rotatable bonds is 8. The number of ether oxygens (including phenoxy) is 1. The van der Waals surface area contributed by atoms with E-state index in [1.165, 1.54) is 0 Å². The Balaban J connectivity index is 1.71. The first-order valence-corrected chi connectivity index (χ1v) is 10.5. The van der Waals surface area contributed by atoms with Crippen LogP contribution in [0.15, 0.2) is 77.3 Å². The third-order valence-corrected chi connectivity index (χ3v) is 4.94. The van der Waals surface area contributed by atoms with E-state index in [4.69, 9.17) is 4.74 Å². The van der Waals surface area contributed by atoms with Crippen molar-refractivity contribution in [2.45, 2.75) is 13.3 Å². The molecule has 0 heterocycles. The van der Waals surface area contributed by atoms with E-state index in [1.54, 1.807) is 36.4 Å². The number of halogens is 1. The minimum atomic E-state index is -0.343. The molecule has 2 N–H and O–H groups in total. The lowest BCUT2D eigenvalue weighted by atomic mass is 10.1. The quantitative estimate of drug-likeness (QED) is 0.486. The van der Waals surface area contributed by atoms with Gasteiger partial charge in [0.1, 0.15) is 5.75 Å². The number of amides is 2. The Morgan fingerprint density at radius 3 is 2.40 bits per heavy atom. The number of carbonyl (C=O) groups is 2. The minimum Gasteiger partial charge on any atom is -0.493 e. The fraction of sp³-hybridized carbons (Fsp3) is 0.167. The van der Waals surface area contributed by atoms with Crippen LogP contribution in [-0.2, 0) is 6.42 Å². The molecule has 0 aromatic heterocycles. The first kappa shape index (κ1) is 21.6. The van der Waals surface area contributed by atoms with Crippen molar-refractivity contribution in [3.05, 3.63) is 94.0 Å². The van der Waals surface area contributed by atoms with Gasteiger partial charge in [-0.1, -0.05) is 58.4 Å². The summed E-state index contributed by atoms with van der Waals surface area (Å²) in [4.78, 5) is 25.6. The second-order valence-corrected chi connectivity index (χ2v) is 7.48. The fourth-order valence-electron chi connectivity index (χ4n) is 3.00. The Hall–Kier alpha value is -3.12. The molecule has 0 spiro atoms. The van der Waals surface area contributed by atoms with Gasteiger partial charge in [0.25, 0.3) is 11.8 Å². The van der Waals surface area contributed by atoms with Gasteiger partial charge in [-0.25, -0.2) is 0 Å². The first-order chi connectivity index (χ1) is 14.6. The molecule has 0 fully saturated rings. The summed E-state index contributed by atoms with van der Waals surface area (Å²) in [6.07, 6.45) is 0.733. The Labute approximate surface area is 184 Å². The van der Waals surface area contributed by atoms with Crippen LogP contribution in [0, 0.1) is 0 Å². The summed E-state index contributed by atoms with van der Waals surface area (Å²) < 4.78 is 6.33. The van der Waals surface area contributed by atoms with Crippen LogP contribution in [0.4, 0.5) is 5.69 Å². The smallest absolute Gasteiger partial charge is 0.259 e. The van der Waals surface area contributed by atoms with Crippen molar-refractivity contribution in [1.82, 2.24) is 5.32 Å². The molecule has 0 aliphatic heterocycles. The molecule has 0 bridgehead atoms. The monoisotopic (exact) mass is 466 g/mol. The third kappa shape index (κ3) is 5.70. The summed E-state index contributed by atoms with van der Waals surface area (Å²) in [5, 5.41) is 5.76. The number of hydrogen-bond donors (Lipinski definition) is 2. The van der Waals surface area contributed by atoms with Crippen molar-refractivity contribution >= 4 is 33.4 Å². The summed E-state index contributed by atoms with van der Waals surface area (Å²) in [6.45, 7) is 2.81. The molecular weight excluding hydrogens is 444 g/mol. The highest BCUT2D eigenvalue weighted by Gasteiger charge is 2.17. The second-order valence-electron chi connectivity index (χ2n) is 6.56. The summed E-state index contributed by atoms with van der Waals surface area (Å²) in [6, 6.07) is 22.2. The van der Waals surface area contributed by atoms with Crippen LogP contribution in [0.25, 0.3) is 0 Å². The van der Waals surface area contributed by atoms with Crippen LogP contribution in [0.2, 0.25) is 0 Å². The molecule has 30 heavy (non-hydrogen) atoms. The fourth-order valence-corrected chi connectivity index (χ4v) is 3.36. The summed E-state index contributed by atoms with van der Waals surface area (Å²) >= 11 is 3.39. The van der Waals surface area contributed by atoms with Crippen LogP contribution >= 0.6 is 15.9 Å². The highest BCUT2D eigenvalue weighted by molar-refractivity contribution is 9.10. The second kappa shape index (κ2) is 10.6. The molecule has 3 rings (SSSR count). The molecule has 0 radical (unpaired) electrons. The van der Waals surface area contributed by atoms with Gasteiger partial charge < -0.3 is 15.4 Å². The number of anilines is 1. The topological polar surface area (TPSA) is 67.4 Å². The zero-order valence-corrected chi connectivity index (χ0v) is 18.2. The zero-order chi connectivity index (χ0) is 21.3. The number of carbonyl (C=O) groups excluding carboxylic acids is 2. The van der Waals surface area contributed by atoms with Gasteiger partial charge in [-0.2, -0.15) is 0 Å². The highest BCUT2D eigenvalue weighted by Crippen LogP contribution is 2.25. The van der Waals surface area contributed by atoms with E-state index in [1.807, 2.05) is 43.3 Å². The third-order valence-electron chi connectivity index (χ3n) is 4.45. The summed E-state index contributed by atoms with van der Waals surface area (Å²) in [5.74, 6) is -0.0895. The van der Waals surface area contributed by atoms with Gasteiger partial charge in [-0.15, -0.1) is 0 Å². The van der Waals surface area contributed by atoms with E-state index < -0.39 is 0 Å². The van der Waals surface area contributed by atoms with Crippen LogP contribution in [-0.4, -0.2) is 25.0 Å². The standard InChI is InChI=1S/C24H23BrN2O3/c1-2-30-22-13-12-18(25)16-20(22)24(29)27-21-11-7-6-10-19(21)23(28)26-15-14-17-8-4-3-5-9-17/h3-13,16H,2,14-15H2,1H3,(H,26,28)(H,27,29). The van der Waals surface area contributed by atoms with E-state index in [0.29, 0.717) is 35.7 Å². The maximum atomic E-state index is 12.9. The number of nitrogens with one attached hydrogen (secondary N) is 2. The normalized spacial score (nSPS) is 10.3. The van der Waals surface area contributed by atoms with E-state index in [-0.39, 0.29) is 11.8 Å². The van der Waals surface area contributed by atoms with Gasteiger partial charge in [0.2, 0.25) is 0 Å². The van der Waals surface area contributed by atoms with Gasteiger partial charge in [0, 0.05) is 11.0 Å². The lowest BCUT2D eigenvalue weighted by molar-refractivity contribution is 0.0955. The average Bonchev–Trinajstić information content (AvgIpc) is 2.76. The minimum absolute atomic E-state index is 0.235. The maximum absolute atomic E-state index is 12.9. The van der Waals surface area contributed by atoms with Crippen LogP contribution < -0.4 is 15.4 Å². The molecular formula is C24H23BrN2O3. The van der Waals surface area contributed by atoms with E-state index >= 15 is 0 Å². The van der Waals surface area contributed by atoms with Crippen LogP contribution in [0.1, 0.15) is 33.2 Å². The molecule has 0 aliphatic rings. The molecule has 5 nitrogen and oxygen atoms in total. The van der Waals surface area contributed by atoms with Gasteiger partial charge in [0.15, 0.2) is 0 Å². The molecule has 2 amide bonds. The summed E-state index contributed by atoms with van der Waals surface area (Å²) in [7, 11) is 0. The lowest BCUT2D eigenvalue weighted by Crippen LogP contribution is -2.27. The zero-order valence-electron chi connectivity index (χ0n) is 16.7. The van der Waals surface area contributed by atoms with E-state index in [9.17, 15) is 9.59 Å². The predicted molar refractivity (Wildman–Crippen MR) is 122 cm³/mol. The van der Waals surface area contributed by atoms with Gasteiger partial charge in [0.05, 0.1) is 23.4 Å². The molecule has 0 unspecified atom stereocenters. The largest absolute Gasteiger partial charge is 0.493 e. The van der Waals surface area contributed by atoms with Gasteiger partial charge in [-0.05, 0) is 49.2 Å². The van der Waals surface area contributed by atoms with Crippen molar-refractivity contribution in [3.8, 4) is 5.75 Å². The molecule has 3 aromatic carbocycles. The van der Waals surface area contributed by atoms with Crippen molar-refractivity contribution in [1.29, 1.82) is 0 Å². The van der Waals surface area contributed by atoms with Crippen molar-refractivity contribution in [2.75, 3.05) is 18.5 Å². The van der Waals surface area contributed by atoms with Gasteiger partial charge >= 0.3 is 0 Å². The number of para-hydroxylation sites is 1. The van der Waals surface area contributed by atoms with E-state index in [0.717, 1.165) is 16.5 Å². The van der Waals surface area contributed by atoms with Gasteiger partial charge in [-0.3, -0.25) is 9.59 Å².